The number of anilines is 2. The van der Waals surface area contributed by atoms with Crippen LogP contribution in [0, 0.1) is 13.8 Å². The van der Waals surface area contributed by atoms with Gasteiger partial charge in [-0.25, -0.2) is 4.79 Å². The smallest absolute Gasteiger partial charge is 0.320 e. The number of likely N-dealkylation sites (tertiary alicyclic amines) is 1. The van der Waals surface area contributed by atoms with E-state index in [0.717, 1.165) is 24.1 Å². The van der Waals surface area contributed by atoms with Crippen molar-refractivity contribution < 1.29 is 9.59 Å². The lowest BCUT2D eigenvalue weighted by molar-refractivity contribution is 0.102. The van der Waals surface area contributed by atoms with E-state index in [1.165, 1.54) is 16.9 Å². The van der Waals surface area contributed by atoms with Crippen LogP contribution in [0.15, 0.2) is 42.5 Å². The number of carbonyl (C=O) groups is 2. The van der Waals surface area contributed by atoms with E-state index in [-0.39, 0.29) is 23.0 Å². The molecule has 1 aliphatic heterocycles. The minimum Gasteiger partial charge on any atom is -0.320 e. The van der Waals surface area contributed by atoms with Gasteiger partial charge in [0.25, 0.3) is 5.91 Å². The number of halogens is 1. The SMILES string of the molecule is Cc1ccc(NC(=O)N2CCCC2c2nnc(C(=O)Nc3cccc(Cl)c3)s2)cc1C. The fraction of sp³-hybridized carbons (Fsp3) is 0.273. The predicted molar refractivity (Wildman–Crippen MR) is 123 cm³/mol. The molecule has 3 aromatic rings. The fourth-order valence-electron chi connectivity index (χ4n) is 3.49. The lowest BCUT2D eigenvalue weighted by atomic mass is 10.1. The highest BCUT2D eigenvalue weighted by Crippen LogP contribution is 2.34. The van der Waals surface area contributed by atoms with E-state index in [4.69, 9.17) is 11.6 Å². The van der Waals surface area contributed by atoms with Gasteiger partial charge in [0.15, 0.2) is 0 Å². The molecule has 0 aliphatic carbocycles. The first-order valence-corrected chi connectivity index (χ1v) is 11.2. The summed E-state index contributed by atoms with van der Waals surface area (Å²) in [6.07, 6.45) is 1.65. The van der Waals surface area contributed by atoms with Crippen LogP contribution in [0.25, 0.3) is 0 Å². The highest BCUT2D eigenvalue weighted by Gasteiger charge is 2.33. The molecule has 2 aromatic carbocycles. The molecular weight excluding hydrogens is 434 g/mol. The van der Waals surface area contributed by atoms with Gasteiger partial charge in [-0.1, -0.05) is 35.1 Å². The molecule has 1 fully saturated rings. The summed E-state index contributed by atoms with van der Waals surface area (Å²) in [5.74, 6) is -0.352. The Morgan fingerprint density at radius 2 is 1.87 bits per heavy atom. The van der Waals surface area contributed by atoms with Gasteiger partial charge in [0, 0.05) is 22.9 Å². The first-order chi connectivity index (χ1) is 14.9. The average molecular weight is 456 g/mol. The summed E-state index contributed by atoms with van der Waals surface area (Å²) in [6.45, 7) is 4.68. The molecule has 4 rings (SSSR count). The molecule has 2 heterocycles. The number of hydrogen-bond acceptors (Lipinski definition) is 5. The molecule has 3 amide bonds. The van der Waals surface area contributed by atoms with E-state index in [1.807, 2.05) is 32.0 Å². The normalized spacial score (nSPS) is 15.7. The van der Waals surface area contributed by atoms with Gasteiger partial charge in [0.2, 0.25) is 5.01 Å². The van der Waals surface area contributed by atoms with E-state index in [0.29, 0.717) is 22.3 Å². The zero-order valence-corrected chi connectivity index (χ0v) is 18.8. The minimum absolute atomic E-state index is 0.175. The number of hydrogen-bond donors (Lipinski definition) is 2. The zero-order chi connectivity index (χ0) is 22.0. The molecule has 1 saturated heterocycles. The lowest BCUT2D eigenvalue weighted by Gasteiger charge is -2.23. The van der Waals surface area contributed by atoms with Crippen molar-refractivity contribution in [3.63, 3.8) is 0 Å². The van der Waals surface area contributed by atoms with Crippen LogP contribution in [0.5, 0.6) is 0 Å². The van der Waals surface area contributed by atoms with E-state index in [9.17, 15) is 9.59 Å². The molecule has 160 valence electrons. The van der Waals surface area contributed by atoms with Crippen LogP contribution in [-0.4, -0.2) is 33.6 Å². The Hall–Kier alpha value is -2.97. The number of benzene rings is 2. The molecule has 1 aliphatic rings. The Balaban J connectivity index is 1.45. The van der Waals surface area contributed by atoms with Crippen molar-refractivity contribution in [2.45, 2.75) is 32.7 Å². The maximum absolute atomic E-state index is 12.9. The molecule has 1 atom stereocenters. The van der Waals surface area contributed by atoms with Gasteiger partial charge in [-0.3, -0.25) is 4.79 Å². The Labute approximate surface area is 189 Å². The van der Waals surface area contributed by atoms with Crippen molar-refractivity contribution in [2.75, 3.05) is 17.2 Å². The molecule has 2 N–H and O–H groups in total. The first kappa shape index (κ1) is 21.3. The van der Waals surface area contributed by atoms with Crippen molar-refractivity contribution in [2.24, 2.45) is 0 Å². The summed E-state index contributed by atoms with van der Waals surface area (Å²) in [7, 11) is 0. The van der Waals surface area contributed by atoms with Crippen molar-refractivity contribution in [1.29, 1.82) is 0 Å². The highest BCUT2D eigenvalue weighted by molar-refractivity contribution is 7.13. The van der Waals surface area contributed by atoms with E-state index in [1.54, 1.807) is 29.2 Å². The molecule has 0 saturated carbocycles. The van der Waals surface area contributed by atoms with Gasteiger partial charge in [0.05, 0.1) is 6.04 Å². The van der Waals surface area contributed by atoms with E-state index < -0.39 is 0 Å². The van der Waals surface area contributed by atoms with Crippen LogP contribution in [-0.2, 0) is 0 Å². The van der Waals surface area contributed by atoms with Crippen LogP contribution in [0.3, 0.4) is 0 Å². The molecule has 9 heteroatoms. The van der Waals surface area contributed by atoms with Crippen LogP contribution >= 0.6 is 22.9 Å². The van der Waals surface area contributed by atoms with Gasteiger partial charge < -0.3 is 15.5 Å². The van der Waals surface area contributed by atoms with Crippen molar-refractivity contribution in [3.8, 4) is 0 Å². The van der Waals surface area contributed by atoms with Gasteiger partial charge in [-0.15, -0.1) is 10.2 Å². The molecule has 0 spiro atoms. The molecule has 31 heavy (non-hydrogen) atoms. The maximum Gasteiger partial charge on any atom is 0.322 e. The molecule has 1 unspecified atom stereocenters. The summed E-state index contributed by atoms with van der Waals surface area (Å²) in [4.78, 5) is 27.2. The quantitative estimate of drug-likeness (QED) is 0.549. The predicted octanol–water partition coefficient (Wildman–Crippen LogP) is 5.43. The number of rotatable bonds is 4. The van der Waals surface area contributed by atoms with Gasteiger partial charge in [-0.2, -0.15) is 0 Å². The standard InChI is InChI=1S/C22H22ClN5O2S/c1-13-8-9-17(11-14(13)2)25-22(30)28-10-4-7-18(28)20-26-27-21(31-20)19(29)24-16-6-3-5-15(23)12-16/h3,5-6,8-9,11-12,18H,4,7,10H2,1-2H3,(H,24,29)(H,25,30). The number of nitrogens with zero attached hydrogens (tertiary/aromatic N) is 3. The van der Waals surface area contributed by atoms with Crippen molar-refractivity contribution >= 4 is 46.3 Å². The van der Waals surface area contributed by atoms with Crippen LogP contribution < -0.4 is 10.6 Å². The van der Waals surface area contributed by atoms with E-state index in [2.05, 4.69) is 20.8 Å². The highest BCUT2D eigenvalue weighted by atomic mass is 35.5. The summed E-state index contributed by atoms with van der Waals surface area (Å²) in [5, 5.41) is 15.4. The average Bonchev–Trinajstić information content (AvgIpc) is 3.40. The third-order valence-electron chi connectivity index (χ3n) is 5.27. The second kappa shape index (κ2) is 9.03. The Morgan fingerprint density at radius 3 is 2.65 bits per heavy atom. The fourth-order valence-corrected chi connectivity index (χ4v) is 4.57. The maximum atomic E-state index is 12.9. The van der Waals surface area contributed by atoms with Gasteiger partial charge in [0.1, 0.15) is 5.01 Å². The lowest BCUT2D eigenvalue weighted by Crippen LogP contribution is -2.34. The van der Waals surface area contributed by atoms with Gasteiger partial charge in [-0.05, 0) is 68.1 Å². The second-order valence-electron chi connectivity index (χ2n) is 7.49. The largest absolute Gasteiger partial charge is 0.322 e. The minimum atomic E-state index is -0.352. The molecule has 1 aromatic heterocycles. The Morgan fingerprint density at radius 1 is 1.06 bits per heavy atom. The summed E-state index contributed by atoms with van der Waals surface area (Å²) in [5.41, 5.74) is 3.65. The van der Waals surface area contributed by atoms with Crippen molar-refractivity contribution in [1.82, 2.24) is 15.1 Å². The van der Waals surface area contributed by atoms with Crippen LogP contribution in [0.2, 0.25) is 5.02 Å². The van der Waals surface area contributed by atoms with Crippen LogP contribution in [0.4, 0.5) is 16.2 Å². The number of aromatic nitrogens is 2. The third kappa shape index (κ3) is 4.86. The summed E-state index contributed by atoms with van der Waals surface area (Å²) >= 11 is 7.17. The topological polar surface area (TPSA) is 87.2 Å². The first-order valence-electron chi connectivity index (χ1n) is 9.96. The number of nitrogens with one attached hydrogen (secondary N) is 2. The summed E-state index contributed by atoms with van der Waals surface area (Å²) in [6, 6.07) is 12.4. The Kier molecular flexibility index (Phi) is 6.20. The second-order valence-corrected chi connectivity index (χ2v) is 8.94. The number of urea groups is 1. The molecule has 0 bridgehead atoms. The Bertz CT molecular complexity index is 1130. The van der Waals surface area contributed by atoms with Crippen LogP contribution in [0.1, 0.15) is 44.8 Å². The third-order valence-corrected chi connectivity index (χ3v) is 6.53. The molecule has 7 nitrogen and oxygen atoms in total. The zero-order valence-electron chi connectivity index (χ0n) is 17.2. The number of aryl methyl sites for hydroxylation is 2. The number of carbonyl (C=O) groups excluding carboxylic acids is 2. The summed E-state index contributed by atoms with van der Waals surface area (Å²) < 4.78 is 0. The van der Waals surface area contributed by atoms with Gasteiger partial charge >= 0.3 is 6.03 Å². The number of amides is 3. The van der Waals surface area contributed by atoms with E-state index >= 15 is 0 Å². The molecule has 0 radical (unpaired) electrons. The monoisotopic (exact) mass is 455 g/mol. The molecular formula is C22H22ClN5O2S. The van der Waals surface area contributed by atoms with Crippen molar-refractivity contribution in [3.05, 3.63) is 68.6 Å².